The van der Waals surface area contributed by atoms with Crippen molar-refractivity contribution in [1.29, 1.82) is 0 Å². The van der Waals surface area contributed by atoms with Gasteiger partial charge >= 0.3 is 5.97 Å². The summed E-state index contributed by atoms with van der Waals surface area (Å²) in [5, 5.41) is 9.00. The largest absolute Gasteiger partial charge is 0.480 e. The van der Waals surface area contributed by atoms with Crippen molar-refractivity contribution in [1.82, 2.24) is 4.79 Å². The quantitative estimate of drug-likeness (QED) is 0.853. The van der Waals surface area contributed by atoms with Crippen LogP contribution in [0.25, 0.3) is 10.9 Å². The number of nitrogens with two attached hydrogens (primary N) is 1. The first kappa shape index (κ1) is 11.5. The van der Waals surface area contributed by atoms with Crippen molar-refractivity contribution < 1.29 is 18.8 Å². The highest BCUT2D eigenvalue weighted by Gasteiger charge is 2.21. The highest BCUT2D eigenvalue weighted by atomic mass is 19.2. The van der Waals surface area contributed by atoms with E-state index in [1.165, 1.54) is 12.1 Å². The lowest BCUT2D eigenvalue weighted by molar-refractivity contribution is -0.138. The van der Waals surface area contributed by atoms with Crippen LogP contribution in [0.2, 0.25) is 0 Å². The Balaban J connectivity index is 2.53. The molecule has 4 nitrogen and oxygen atoms in total. The number of carbonyl (C=O) groups is 1. The summed E-state index contributed by atoms with van der Waals surface area (Å²) in [4.78, 5) is 10.5. The van der Waals surface area contributed by atoms with Gasteiger partial charge in [-0.1, -0.05) is 22.7 Å². The molecule has 0 aliphatic heterocycles. The predicted molar refractivity (Wildman–Crippen MR) is 57.7 cm³/mol. The highest BCUT2D eigenvalue weighted by Crippen LogP contribution is 2.26. The van der Waals surface area contributed by atoms with Gasteiger partial charge in [0.05, 0.1) is 5.52 Å². The second-order valence-electron chi connectivity index (χ2n) is 3.72. The van der Waals surface area contributed by atoms with Crippen LogP contribution in [0.4, 0.5) is 8.87 Å². The van der Waals surface area contributed by atoms with E-state index in [-0.39, 0.29) is 22.3 Å². The van der Waals surface area contributed by atoms with Gasteiger partial charge < -0.3 is 10.8 Å². The smallest absolute Gasteiger partial charge is 0.320 e. The van der Waals surface area contributed by atoms with Crippen molar-refractivity contribution in [2.45, 2.75) is 12.5 Å². The highest BCUT2D eigenvalue weighted by molar-refractivity contribution is 5.85. The number of rotatable bonds is 3. The lowest BCUT2D eigenvalue weighted by atomic mass is 10.1. The number of hydrogen-bond donors (Lipinski definition) is 2. The van der Waals surface area contributed by atoms with Gasteiger partial charge in [0.25, 0.3) is 0 Å². The van der Waals surface area contributed by atoms with Gasteiger partial charge in [-0.3, -0.25) is 4.79 Å². The zero-order valence-electron chi connectivity index (χ0n) is 8.73. The Morgan fingerprint density at radius 3 is 2.76 bits per heavy atom. The molecule has 1 aromatic heterocycles. The summed E-state index contributed by atoms with van der Waals surface area (Å²) in [7, 11) is 0. The Bertz CT molecular complexity index is 580. The molecule has 1 heterocycles. The van der Waals surface area contributed by atoms with Crippen LogP contribution < -0.4 is 5.73 Å². The summed E-state index contributed by atoms with van der Waals surface area (Å²) in [6.45, 7) is 0. The van der Waals surface area contributed by atoms with Crippen LogP contribution in [-0.4, -0.2) is 21.9 Å². The third-order valence-electron chi connectivity index (χ3n) is 2.60. The normalized spacial score (nSPS) is 12.9. The number of aromatic nitrogens is 1. The van der Waals surface area contributed by atoms with Gasteiger partial charge in [0.2, 0.25) is 5.95 Å². The topological polar surface area (TPSA) is 68.2 Å². The molecule has 1 atom stereocenters. The summed E-state index contributed by atoms with van der Waals surface area (Å²) >= 11 is 0. The molecule has 0 bridgehead atoms. The van der Waals surface area contributed by atoms with Gasteiger partial charge in [0.1, 0.15) is 6.04 Å². The molecule has 0 aliphatic carbocycles. The lowest BCUT2D eigenvalue weighted by Gasteiger charge is -2.04. The van der Waals surface area contributed by atoms with Crippen LogP contribution >= 0.6 is 0 Å². The van der Waals surface area contributed by atoms with Gasteiger partial charge in [-0.15, -0.1) is 0 Å². The molecule has 0 amide bonds. The summed E-state index contributed by atoms with van der Waals surface area (Å²) in [6.07, 6.45) is -0.251. The fraction of sp³-hybridized carbons (Fsp3) is 0.182. The molecule has 0 radical (unpaired) electrons. The lowest BCUT2D eigenvalue weighted by Crippen LogP contribution is -2.32. The first-order chi connectivity index (χ1) is 8.02. The molecular weight excluding hydrogens is 230 g/mol. The monoisotopic (exact) mass is 240 g/mol. The maximum atomic E-state index is 13.6. The minimum Gasteiger partial charge on any atom is -0.480 e. The van der Waals surface area contributed by atoms with Crippen LogP contribution in [0.15, 0.2) is 24.3 Å². The van der Waals surface area contributed by atoms with E-state index in [4.69, 9.17) is 10.8 Å². The van der Waals surface area contributed by atoms with E-state index < -0.39 is 18.0 Å². The number of carboxylic acids is 1. The van der Waals surface area contributed by atoms with E-state index in [9.17, 15) is 13.7 Å². The maximum Gasteiger partial charge on any atom is 0.320 e. The van der Waals surface area contributed by atoms with Crippen LogP contribution in [0.1, 0.15) is 5.56 Å². The second-order valence-corrected chi connectivity index (χ2v) is 3.72. The third kappa shape index (κ3) is 1.87. The van der Waals surface area contributed by atoms with Crippen molar-refractivity contribution in [3.8, 4) is 0 Å². The Morgan fingerprint density at radius 1 is 1.47 bits per heavy atom. The average Bonchev–Trinajstić information content (AvgIpc) is 2.55. The van der Waals surface area contributed by atoms with Crippen molar-refractivity contribution >= 4 is 16.9 Å². The minimum absolute atomic E-state index is 0.0157. The fourth-order valence-corrected chi connectivity index (χ4v) is 1.74. The number of nitrogens with zero attached hydrogens (tertiary/aromatic N) is 1. The standard InChI is InChI=1S/C11H10F2N2O2/c12-10-7(5-8(14)11(16)17)6-3-1-2-4-9(6)15(10)13/h1-4,8H,5,14H2,(H,16,17). The summed E-state index contributed by atoms with van der Waals surface area (Å²) < 4.78 is 27.0. The number of halogens is 2. The first-order valence-corrected chi connectivity index (χ1v) is 4.94. The number of hydrogen-bond acceptors (Lipinski definition) is 2. The maximum absolute atomic E-state index is 13.6. The van der Waals surface area contributed by atoms with E-state index in [2.05, 4.69) is 0 Å². The molecule has 0 saturated heterocycles. The van der Waals surface area contributed by atoms with Crippen LogP contribution in [0, 0.1) is 5.95 Å². The van der Waals surface area contributed by atoms with Crippen molar-refractivity contribution in [2.75, 3.05) is 0 Å². The van der Waals surface area contributed by atoms with E-state index in [0.29, 0.717) is 5.39 Å². The molecule has 6 heteroatoms. The van der Waals surface area contributed by atoms with E-state index in [1.54, 1.807) is 12.1 Å². The molecule has 0 fully saturated rings. The molecule has 90 valence electrons. The number of fused-ring (bicyclic) bond motifs is 1. The van der Waals surface area contributed by atoms with Crippen LogP contribution in [0.5, 0.6) is 0 Å². The van der Waals surface area contributed by atoms with Crippen molar-refractivity contribution in [3.63, 3.8) is 0 Å². The molecule has 17 heavy (non-hydrogen) atoms. The Kier molecular flexibility index (Phi) is 2.81. The zero-order chi connectivity index (χ0) is 12.6. The molecular formula is C11H10F2N2O2. The first-order valence-electron chi connectivity index (χ1n) is 4.94. The van der Waals surface area contributed by atoms with E-state index >= 15 is 0 Å². The summed E-state index contributed by atoms with van der Waals surface area (Å²) in [6, 6.07) is 4.87. The van der Waals surface area contributed by atoms with Crippen LogP contribution in [-0.2, 0) is 11.2 Å². The molecule has 1 unspecified atom stereocenters. The van der Waals surface area contributed by atoms with E-state index in [0.717, 1.165) is 0 Å². The summed E-state index contributed by atoms with van der Waals surface area (Å²) in [5.74, 6) is -2.34. The molecule has 0 saturated carbocycles. The third-order valence-corrected chi connectivity index (χ3v) is 2.60. The molecule has 2 rings (SSSR count). The van der Waals surface area contributed by atoms with Crippen LogP contribution in [0.3, 0.4) is 0 Å². The molecule has 0 aliphatic rings. The Labute approximate surface area is 95.2 Å². The fourth-order valence-electron chi connectivity index (χ4n) is 1.74. The average molecular weight is 240 g/mol. The van der Waals surface area contributed by atoms with Crippen molar-refractivity contribution in [3.05, 3.63) is 35.8 Å². The number of benzene rings is 1. The van der Waals surface area contributed by atoms with Gasteiger partial charge in [0.15, 0.2) is 0 Å². The summed E-state index contributed by atoms with van der Waals surface area (Å²) in [5.41, 5.74) is 5.37. The Morgan fingerprint density at radius 2 is 2.12 bits per heavy atom. The van der Waals surface area contributed by atoms with Crippen molar-refractivity contribution in [2.24, 2.45) is 5.73 Å². The second kappa shape index (κ2) is 4.14. The molecule has 1 aromatic carbocycles. The van der Waals surface area contributed by atoms with E-state index in [1.807, 2.05) is 0 Å². The van der Waals surface area contributed by atoms with Gasteiger partial charge in [-0.05, 0) is 6.07 Å². The van der Waals surface area contributed by atoms with Gasteiger partial charge in [-0.25, -0.2) is 0 Å². The molecule has 3 N–H and O–H groups in total. The number of aliphatic carboxylic acids is 1. The minimum atomic E-state index is -1.25. The number of para-hydroxylation sites is 1. The molecule has 0 spiro atoms. The zero-order valence-corrected chi connectivity index (χ0v) is 8.73. The van der Waals surface area contributed by atoms with Gasteiger partial charge in [-0.2, -0.15) is 9.18 Å². The molecule has 2 aromatic rings. The Hall–Kier alpha value is -1.95. The van der Waals surface area contributed by atoms with Gasteiger partial charge in [0, 0.05) is 17.4 Å². The number of carboxylic acid groups (broad SMARTS) is 1. The predicted octanol–water partition coefficient (Wildman–Crippen LogP) is 1.47. The SMILES string of the molecule is NC(Cc1c(F)n(F)c2ccccc12)C(=O)O.